The number of hydrogen-bond donors (Lipinski definition) is 1. The van der Waals surface area contributed by atoms with Gasteiger partial charge in [0.25, 0.3) is 10.2 Å². The molecule has 5 nitrogen and oxygen atoms in total. The Kier molecular flexibility index (Phi) is 4.41. The summed E-state index contributed by atoms with van der Waals surface area (Å²) >= 11 is 0. The Morgan fingerprint density at radius 2 is 1.71 bits per heavy atom. The Hall–Kier alpha value is -0.170. The Bertz CT molecular complexity index is 333. The molecule has 100 valence electrons. The number of aliphatic hydroxyl groups is 1. The molecule has 0 aromatic carbocycles. The lowest BCUT2D eigenvalue weighted by atomic mass is 10.2. The fourth-order valence-electron chi connectivity index (χ4n) is 2.84. The van der Waals surface area contributed by atoms with Crippen LogP contribution >= 0.6 is 0 Å². The molecule has 2 fully saturated rings. The smallest absolute Gasteiger partial charge is 0.282 e. The van der Waals surface area contributed by atoms with E-state index < -0.39 is 10.2 Å². The second kappa shape index (κ2) is 5.65. The summed E-state index contributed by atoms with van der Waals surface area (Å²) < 4.78 is 28.0. The van der Waals surface area contributed by atoms with Crippen molar-refractivity contribution in [3.63, 3.8) is 0 Å². The zero-order valence-electron chi connectivity index (χ0n) is 10.2. The summed E-state index contributed by atoms with van der Waals surface area (Å²) in [6.45, 7) is 1.42. The lowest BCUT2D eigenvalue weighted by Crippen LogP contribution is -2.48. The first-order valence-electron chi connectivity index (χ1n) is 6.54. The Morgan fingerprint density at radius 3 is 2.24 bits per heavy atom. The summed E-state index contributed by atoms with van der Waals surface area (Å²) in [4.78, 5) is 0. The van der Waals surface area contributed by atoms with Crippen LogP contribution in [0.5, 0.6) is 0 Å². The van der Waals surface area contributed by atoms with Crippen LogP contribution < -0.4 is 0 Å². The maximum atomic E-state index is 12.5. The van der Waals surface area contributed by atoms with Crippen LogP contribution in [0.2, 0.25) is 0 Å². The van der Waals surface area contributed by atoms with E-state index in [9.17, 15) is 8.42 Å². The molecular weight excluding hydrogens is 240 g/mol. The highest BCUT2D eigenvalue weighted by Crippen LogP contribution is 2.27. The highest BCUT2D eigenvalue weighted by molar-refractivity contribution is 7.86. The van der Waals surface area contributed by atoms with Gasteiger partial charge in [-0.15, -0.1) is 0 Å². The molecule has 0 unspecified atom stereocenters. The van der Waals surface area contributed by atoms with Gasteiger partial charge in [-0.05, 0) is 25.7 Å². The summed E-state index contributed by atoms with van der Waals surface area (Å²) in [7, 11) is -3.34. The fourth-order valence-corrected chi connectivity index (χ4v) is 4.76. The van der Waals surface area contributed by atoms with Crippen molar-refractivity contribution < 1.29 is 13.5 Å². The van der Waals surface area contributed by atoms with Gasteiger partial charge in [-0.2, -0.15) is 17.0 Å². The minimum atomic E-state index is -3.34. The van der Waals surface area contributed by atoms with Crippen molar-refractivity contribution in [3.8, 4) is 0 Å². The molecule has 1 N–H and O–H groups in total. The monoisotopic (exact) mass is 262 g/mol. The third kappa shape index (κ3) is 2.81. The zero-order valence-corrected chi connectivity index (χ0v) is 11.0. The van der Waals surface area contributed by atoms with Gasteiger partial charge < -0.3 is 5.11 Å². The zero-order chi connectivity index (χ0) is 12.3. The van der Waals surface area contributed by atoms with Gasteiger partial charge in [0.1, 0.15) is 0 Å². The minimum Gasteiger partial charge on any atom is -0.395 e. The molecule has 1 aliphatic heterocycles. The number of rotatable bonds is 5. The van der Waals surface area contributed by atoms with Crippen LogP contribution in [0, 0.1) is 0 Å². The largest absolute Gasteiger partial charge is 0.395 e. The topological polar surface area (TPSA) is 60.9 Å². The van der Waals surface area contributed by atoms with Crippen molar-refractivity contribution >= 4 is 10.2 Å². The second-order valence-electron chi connectivity index (χ2n) is 4.89. The average Bonchev–Trinajstić information content (AvgIpc) is 2.97. The molecule has 0 bridgehead atoms. The van der Waals surface area contributed by atoms with Crippen molar-refractivity contribution in [1.82, 2.24) is 8.61 Å². The third-order valence-corrected chi connectivity index (χ3v) is 5.83. The Labute approximate surface area is 104 Å². The Morgan fingerprint density at radius 1 is 1.12 bits per heavy atom. The van der Waals surface area contributed by atoms with E-state index in [0.29, 0.717) is 13.1 Å². The molecular formula is C11H22N2O3S. The van der Waals surface area contributed by atoms with Crippen LogP contribution in [0.25, 0.3) is 0 Å². The van der Waals surface area contributed by atoms with Crippen molar-refractivity contribution in [2.24, 2.45) is 0 Å². The van der Waals surface area contributed by atoms with Crippen LogP contribution in [0.15, 0.2) is 0 Å². The van der Waals surface area contributed by atoms with Gasteiger partial charge in [0.2, 0.25) is 0 Å². The highest BCUT2D eigenvalue weighted by atomic mass is 32.2. The van der Waals surface area contributed by atoms with E-state index in [1.807, 2.05) is 0 Å². The Balaban J connectivity index is 2.12. The van der Waals surface area contributed by atoms with Gasteiger partial charge in [0.05, 0.1) is 6.61 Å². The molecule has 2 aliphatic rings. The molecule has 0 amide bonds. The van der Waals surface area contributed by atoms with Gasteiger partial charge in [-0.1, -0.05) is 12.8 Å². The summed E-state index contributed by atoms with van der Waals surface area (Å²) in [5, 5.41) is 9.08. The molecule has 2 rings (SSSR count). The van der Waals surface area contributed by atoms with E-state index in [1.165, 1.54) is 4.31 Å². The summed E-state index contributed by atoms with van der Waals surface area (Å²) in [6, 6.07) is 0.104. The maximum absolute atomic E-state index is 12.5. The van der Waals surface area contributed by atoms with Crippen molar-refractivity contribution in [3.05, 3.63) is 0 Å². The molecule has 1 aliphatic carbocycles. The third-order valence-electron chi connectivity index (χ3n) is 3.74. The molecule has 1 saturated carbocycles. The van der Waals surface area contributed by atoms with Crippen molar-refractivity contribution in [2.75, 3.05) is 26.2 Å². The average molecular weight is 262 g/mol. The van der Waals surface area contributed by atoms with Crippen LogP contribution in [0.4, 0.5) is 0 Å². The first kappa shape index (κ1) is 13.3. The standard InChI is InChI=1S/C11H22N2O3S/c14-10-9-13(11-5-1-2-6-11)17(15,16)12-7-3-4-8-12/h11,14H,1-10H2. The molecule has 1 heterocycles. The highest BCUT2D eigenvalue weighted by Gasteiger charge is 2.36. The first-order valence-corrected chi connectivity index (χ1v) is 7.94. The van der Waals surface area contributed by atoms with Gasteiger partial charge in [-0.25, -0.2) is 0 Å². The molecule has 1 saturated heterocycles. The van der Waals surface area contributed by atoms with E-state index >= 15 is 0 Å². The summed E-state index contributed by atoms with van der Waals surface area (Å²) in [5.41, 5.74) is 0. The lowest BCUT2D eigenvalue weighted by Gasteiger charge is -2.31. The van der Waals surface area contributed by atoms with E-state index in [1.54, 1.807) is 4.31 Å². The summed E-state index contributed by atoms with van der Waals surface area (Å²) in [6.07, 6.45) is 5.98. The second-order valence-corrected chi connectivity index (χ2v) is 6.77. The van der Waals surface area contributed by atoms with Crippen molar-refractivity contribution in [1.29, 1.82) is 0 Å². The number of nitrogens with zero attached hydrogens (tertiary/aromatic N) is 2. The minimum absolute atomic E-state index is 0.0937. The van der Waals surface area contributed by atoms with Crippen LogP contribution in [-0.4, -0.2) is 54.4 Å². The van der Waals surface area contributed by atoms with E-state index in [4.69, 9.17) is 5.11 Å². The molecule has 0 atom stereocenters. The fraction of sp³-hybridized carbons (Fsp3) is 1.00. The molecule has 0 spiro atoms. The maximum Gasteiger partial charge on any atom is 0.282 e. The lowest BCUT2D eigenvalue weighted by molar-refractivity contribution is 0.217. The number of hydrogen-bond acceptors (Lipinski definition) is 3. The van der Waals surface area contributed by atoms with Crippen LogP contribution in [-0.2, 0) is 10.2 Å². The van der Waals surface area contributed by atoms with Crippen molar-refractivity contribution in [2.45, 2.75) is 44.6 Å². The van der Waals surface area contributed by atoms with Gasteiger partial charge in [-0.3, -0.25) is 0 Å². The molecule has 0 radical (unpaired) electrons. The predicted octanol–water partition coefficient (Wildman–Crippen LogP) is 0.564. The normalized spacial score (nSPS) is 23.9. The van der Waals surface area contributed by atoms with Gasteiger partial charge in [0, 0.05) is 25.7 Å². The van der Waals surface area contributed by atoms with Crippen LogP contribution in [0.3, 0.4) is 0 Å². The number of aliphatic hydroxyl groups excluding tert-OH is 1. The molecule has 0 aromatic heterocycles. The molecule has 0 aromatic rings. The first-order chi connectivity index (χ1) is 8.16. The van der Waals surface area contributed by atoms with Gasteiger partial charge in [0.15, 0.2) is 0 Å². The molecule has 17 heavy (non-hydrogen) atoms. The van der Waals surface area contributed by atoms with Crippen LogP contribution in [0.1, 0.15) is 38.5 Å². The molecule has 6 heteroatoms. The predicted molar refractivity (Wildman–Crippen MR) is 65.8 cm³/mol. The van der Waals surface area contributed by atoms with E-state index in [0.717, 1.165) is 38.5 Å². The van der Waals surface area contributed by atoms with E-state index in [2.05, 4.69) is 0 Å². The summed E-state index contributed by atoms with van der Waals surface area (Å²) in [5.74, 6) is 0. The van der Waals surface area contributed by atoms with Gasteiger partial charge >= 0.3 is 0 Å². The quantitative estimate of drug-likeness (QED) is 0.787. The SMILES string of the molecule is O=S(=O)(N1CCCC1)N(CCO)C1CCCC1. The van der Waals surface area contributed by atoms with E-state index in [-0.39, 0.29) is 19.2 Å².